The minimum atomic E-state index is -0.503. The molecule has 0 saturated carbocycles. The molecule has 0 bridgehead atoms. The van der Waals surface area contributed by atoms with Crippen LogP contribution in [0.3, 0.4) is 0 Å². The van der Waals surface area contributed by atoms with E-state index in [0.717, 1.165) is 10.0 Å². The Morgan fingerprint density at radius 3 is 2.58 bits per heavy atom. The summed E-state index contributed by atoms with van der Waals surface area (Å²) in [6.45, 7) is 5.86. The van der Waals surface area contributed by atoms with Crippen LogP contribution in [0.1, 0.15) is 26.3 Å². The molecule has 5 heteroatoms. The summed E-state index contributed by atoms with van der Waals surface area (Å²) >= 11 is 3.48. The number of rotatable bonds is 4. The number of amides is 1. The second kappa shape index (κ2) is 6.91. The smallest absolute Gasteiger partial charge is 0.407 e. The van der Waals surface area contributed by atoms with E-state index in [1.807, 2.05) is 45.0 Å². The Morgan fingerprint density at radius 1 is 1.42 bits per heavy atom. The minimum absolute atomic E-state index is 0.145. The van der Waals surface area contributed by atoms with E-state index >= 15 is 0 Å². The van der Waals surface area contributed by atoms with Gasteiger partial charge in [-0.25, -0.2) is 4.79 Å². The van der Waals surface area contributed by atoms with Crippen LogP contribution in [0.15, 0.2) is 28.7 Å². The van der Waals surface area contributed by atoms with Gasteiger partial charge in [0, 0.05) is 17.1 Å². The molecule has 106 valence electrons. The lowest BCUT2D eigenvalue weighted by Crippen LogP contribution is -2.44. The summed E-state index contributed by atoms with van der Waals surface area (Å²) in [4.78, 5) is 11.7. The lowest BCUT2D eigenvalue weighted by molar-refractivity contribution is 0.0506. The SMILES string of the molecule is CC(C)(C)OC(=O)N[C@H](CN)Cc1ccccc1Br. The number of ether oxygens (including phenoxy) is 1. The number of carbonyl (C=O) groups excluding carboxylic acids is 1. The zero-order chi connectivity index (χ0) is 14.5. The molecule has 3 N–H and O–H groups in total. The van der Waals surface area contributed by atoms with Gasteiger partial charge in [-0.05, 0) is 38.8 Å². The van der Waals surface area contributed by atoms with Crippen molar-refractivity contribution in [1.29, 1.82) is 0 Å². The summed E-state index contributed by atoms with van der Waals surface area (Å²) in [7, 11) is 0. The Morgan fingerprint density at radius 2 is 2.05 bits per heavy atom. The van der Waals surface area contributed by atoms with E-state index in [-0.39, 0.29) is 6.04 Å². The third kappa shape index (κ3) is 6.07. The molecule has 0 heterocycles. The molecule has 0 aliphatic heterocycles. The van der Waals surface area contributed by atoms with Gasteiger partial charge in [0.1, 0.15) is 5.60 Å². The number of benzene rings is 1. The highest BCUT2D eigenvalue weighted by atomic mass is 79.9. The van der Waals surface area contributed by atoms with Crippen molar-refractivity contribution in [3.63, 3.8) is 0 Å². The van der Waals surface area contributed by atoms with Crippen molar-refractivity contribution in [3.05, 3.63) is 34.3 Å². The molecule has 0 spiro atoms. The standard InChI is InChI=1S/C14H21BrN2O2/c1-14(2,3)19-13(18)17-11(9-16)8-10-6-4-5-7-12(10)15/h4-7,11H,8-9,16H2,1-3H3,(H,17,18)/t11-/m0/s1. The second-order valence-electron chi connectivity index (χ2n) is 5.37. The molecule has 0 unspecified atom stereocenters. The Bertz CT molecular complexity index is 430. The number of hydrogen-bond acceptors (Lipinski definition) is 3. The summed E-state index contributed by atoms with van der Waals surface area (Å²) in [6, 6.07) is 7.74. The van der Waals surface area contributed by atoms with Gasteiger partial charge in [0.2, 0.25) is 0 Å². The van der Waals surface area contributed by atoms with Gasteiger partial charge in [-0.15, -0.1) is 0 Å². The van der Waals surface area contributed by atoms with Crippen LogP contribution in [-0.4, -0.2) is 24.3 Å². The summed E-state index contributed by atoms with van der Waals surface area (Å²) < 4.78 is 6.23. The molecule has 1 rings (SSSR count). The normalized spacial score (nSPS) is 12.9. The van der Waals surface area contributed by atoms with Gasteiger partial charge in [-0.1, -0.05) is 34.1 Å². The molecule has 0 aromatic heterocycles. The maximum atomic E-state index is 11.7. The molecule has 0 aliphatic rings. The van der Waals surface area contributed by atoms with Crippen LogP contribution in [0.2, 0.25) is 0 Å². The van der Waals surface area contributed by atoms with Crippen molar-refractivity contribution in [3.8, 4) is 0 Å². The van der Waals surface area contributed by atoms with Crippen LogP contribution in [0.5, 0.6) is 0 Å². The number of carbonyl (C=O) groups is 1. The number of nitrogens with one attached hydrogen (secondary N) is 1. The van der Waals surface area contributed by atoms with Crippen molar-refractivity contribution < 1.29 is 9.53 Å². The van der Waals surface area contributed by atoms with E-state index < -0.39 is 11.7 Å². The number of hydrogen-bond donors (Lipinski definition) is 2. The van der Waals surface area contributed by atoms with Crippen LogP contribution < -0.4 is 11.1 Å². The van der Waals surface area contributed by atoms with E-state index in [1.54, 1.807) is 0 Å². The van der Waals surface area contributed by atoms with Crippen molar-refractivity contribution in [2.24, 2.45) is 5.73 Å². The summed E-state index contributed by atoms with van der Waals surface area (Å²) in [5.41, 5.74) is 6.30. The lowest BCUT2D eigenvalue weighted by atomic mass is 10.1. The van der Waals surface area contributed by atoms with Crippen LogP contribution in [0.25, 0.3) is 0 Å². The third-order valence-corrected chi connectivity index (χ3v) is 3.20. The maximum Gasteiger partial charge on any atom is 0.407 e. The predicted molar refractivity (Wildman–Crippen MR) is 80.1 cm³/mol. The number of halogens is 1. The molecule has 19 heavy (non-hydrogen) atoms. The first-order valence-corrected chi connectivity index (χ1v) is 7.04. The highest BCUT2D eigenvalue weighted by Crippen LogP contribution is 2.17. The van der Waals surface area contributed by atoms with E-state index in [4.69, 9.17) is 10.5 Å². The van der Waals surface area contributed by atoms with Crippen LogP contribution in [-0.2, 0) is 11.2 Å². The summed E-state index contributed by atoms with van der Waals surface area (Å²) in [5.74, 6) is 0. The molecule has 1 aromatic rings. The van der Waals surface area contributed by atoms with Gasteiger partial charge < -0.3 is 15.8 Å². The average molecular weight is 329 g/mol. The molecular weight excluding hydrogens is 308 g/mol. The second-order valence-corrected chi connectivity index (χ2v) is 6.23. The topological polar surface area (TPSA) is 64.3 Å². The monoisotopic (exact) mass is 328 g/mol. The van der Waals surface area contributed by atoms with Gasteiger partial charge >= 0.3 is 6.09 Å². The fourth-order valence-electron chi connectivity index (χ4n) is 1.60. The largest absolute Gasteiger partial charge is 0.444 e. The van der Waals surface area contributed by atoms with Gasteiger partial charge in [0.05, 0.1) is 0 Å². The Hall–Kier alpha value is -1.07. The molecule has 4 nitrogen and oxygen atoms in total. The minimum Gasteiger partial charge on any atom is -0.444 e. The van der Waals surface area contributed by atoms with Crippen molar-refractivity contribution in [2.75, 3.05) is 6.54 Å². The summed E-state index contributed by atoms with van der Waals surface area (Å²) in [5, 5.41) is 2.79. The van der Waals surface area contributed by atoms with Crippen molar-refractivity contribution >= 4 is 22.0 Å². The molecular formula is C14H21BrN2O2. The zero-order valence-electron chi connectivity index (χ0n) is 11.6. The van der Waals surface area contributed by atoms with Crippen molar-refractivity contribution in [1.82, 2.24) is 5.32 Å². The van der Waals surface area contributed by atoms with Gasteiger partial charge in [-0.3, -0.25) is 0 Å². The quantitative estimate of drug-likeness (QED) is 0.893. The first-order valence-electron chi connectivity index (χ1n) is 6.25. The molecule has 1 aromatic carbocycles. The third-order valence-electron chi connectivity index (χ3n) is 2.43. The Labute approximate surface area is 122 Å². The highest BCUT2D eigenvalue weighted by Gasteiger charge is 2.19. The molecule has 1 atom stereocenters. The van der Waals surface area contributed by atoms with Gasteiger partial charge in [0.25, 0.3) is 0 Å². The number of alkyl carbamates (subject to hydrolysis) is 1. The van der Waals surface area contributed by atoms with Gasteiger partial charge in [-0.2, -0.15) is 0 Å². The molecule has 1 amide bonds. The van der Waals surface area contributed by atoms with E-state index in [9.17, 15) is 4.79 Å². The number of nitrogens with two attached hydrogens (primary N) is 1. The fourth-order valence-corrected chi connectivity index (χ4v) is 2.04. The Kier molecular flexibility index (Phi) is 5.82. The maximum absolute atomic E-state index is 11.7. The van der Waals surface area contributed by atoms with E-state index in [0.29, 0.717) is 13.0 Å². The van der Waals surface area contributed by atoms with E-state index in [2.05, 4.69) is 21.2 Å². The molecule has 0 fully saturated rings. The lowest BCUT2D eigenvalue weighted by Gasteiger charge is -2.23. The predicted octanol–water partition coefficient (Wildman–Crippen LogP) is 2.84. The average Bonchev–Trinajstić information content (AvgIpc) is 2.28. The molecule has 0 radical (unpaired) electrons. The van der Waals surface area contributed by atoms with Crippen LogP contribution in [0.4, 0.5) is 4.79 Å². The molecule has 0 aliphatic carbocycles. The fraction of sp³-hybridized carbons (Fsp3) is 0.500. The van der Waals surface area contributed by atoms with Crippen LogP contribution >= 0.6 is 15.9 Å². The zero-order valence-corrected chi connectivity index (χ0v) is 13.2. The summed E-state index contributed by atoms with van der Waals surface area (Å²) in [6.07, 6.45) is 0.229. The van der Waals surface area contributed by atoms with Gasteiger partial charge in [0.15, 0.2) is 0 Å². The first-order chi connectivity index (χ1) is 8.81. The van der Waals surface area contributed by atoms with Crippen LogP contribution in [0, 0.1) is 0 Å². The van der Waals surface area contributed by atoms with Crippen molar-refractivity contribution in [2.45, 2.75) is 38.8 Å². The van der Waals surface area contributed by atoms with E-state index in [1.165, 1.54) is 0 Å². The Balaban J connectivity index is 2.60. The highest BCUT2D eigenvalue weighted by molar-refractivity contribution is 9.10. The molecule has 0 saturated heterocycles. The first kappa shape index (κ1) is 16.0.